The van der Waals surface area contributed by atoms with Gasteiger partial charge in [-0.05, 0) is 27.1 Å². The lowest BCUT2D eigenvalue weighted by atomic mass is 10.1. The van der Waals surface area contributed by atoms with Crippen molar-refractivity contribution in [1.29, 1.82) is 0 Å². The van der Waals surface area contributed by atoms with Crippen molar-refractivity contribution in [3.63, 3.8) is 0 Å². The number of Topliss-reactive ketones (excluding diaryl/α,β-unsaturated/α-hetero) is 1. The first kappa shape index (κ1) is 30.4. The van der Waals surface area contributed by atoms with Crippen LogP contribution in [0.4, 0.5) is 0 Å². The molecule has 0 unspecified atom stereocenters. The van der Waals surface area contributed by atoms with Gasteiger partial charge in [-0.3, -0.25) is 4.79 Å². The molecule has 27 heavy (non-hydrogen) atoms. The lowest BCUT2D eigenvalue weighted by Gasteiger charge is -2.08. The summed E-state index contributed by atoms with van der Waals surface area (Å²) in [6, 6.07) is 0. The number of aliphatic hydroxyl groups is 2. The molecule has 0 saturated carbocycles. The van der Waals surface area contributed by atoms with Crippen molar-refractivity contribution in [3.05, 3.63) is 24.7 Å². The summed E-state index contributed by atoms with van der Waals surface area (Å²) in [4.78, 5) is 12.8. The summed E-state index contributed by atoms with van der Waals surface area (Å²) >= 11 is 0. The molecule has 0 spiro atoms. The normalized spacial score (nSPS) is 9.70. The van der Waals surface area contributed by atoms with Crippen LogP contribution in [-0.2, 0) is 4.79 Å². The smallest absolute Gasteiger partial charge is 0.196 e. The van der Waals surface area contributed by atoms with Crippen LogP contribution in [0.5, 0.6) is 0 Å². The van der Waals surface area contributed by atoms with Gasteiger partial charge in [0.15, 0.2) is 11.5 Å². The van der Waals surface area contributed by atoms with Crippen LogP contribution in [0.15, 0.2) is 24.7 Å². The molecule has 0 aliphatic heterocycles. The van der Waals surface area contributed by atoms with E-state index in [1.165, 1.54) is 70.8 Å². The van der Waals surface area contributed by atoms with Crippen LogP contribution in [0, 0.1) is 0 Å². The topological polar surface area (TPSA) is 60.8 Å². The maximum atomic E-state index is 10.5. The number of rotatable bonds is 15. The van der Waals surface area contributed by atoms with Gasteiger partial charge in [0.25, 0.3) is 0 Å². The van der Waals surface area contributed by atoms with Gasteiger partial charge in [-0.2, -0.15) is 0 Å². The molecule has 162 valence electrons. The minimum Gasteiger partial charge on any atom is -0.513 e. The Morgan fingerprint density at radius 2 is 1.19 bits per heavy atom. The SMILES string of the molecule is C=C(O)CCC(=O)C(=C)O.CC.CCCCCCCCCCCCN(C)C. The molecule has 0 aromatic carbocycles. The van der Waals surface area contributed by atoms with Gasteiger partial charge < -0.3 is 15.1 Å². The van der Waals surface area contributed by atoms with Crippen molar-refractivity contribution in [2.45, 2.75) is 97.8 Å². The van der Waals surface area contributed by atoms with Crippen molar-refractivity contribution >= 4 is 5.78 Å². The van der Waals surface area contributed by atoms with Crippen LogP contribution < -0.4 is 0 Å². The molecule has 2 N–H and O–H groups in total. The maximum Gasteiger partial charge on any atom is 0.196 e. The predicted molar refractivity (Wildman–Crippen MR) is 120 cm³/mol. The third kappa shape index (κ3) is 32.8. The van der Waals surface area contributed by atoms with Crippen molar-refractivity contribution < 1.29 is 15.0 Å². The molecular formula is C23H47NO3. The first-order valence-corrected chi connectivity index (χ1v) is 10.7. The quantitative estimate of drug-likeness (QED) is 0.181. The molecule has 0 heterocycles. The molecule has 0 rings (SSSR count). The number of hydrogen-bond acceptors (Lipinski definition) is 4. The van der Waals surface area contributed by atoms with Gasteiger partial charge in [0, 0.05) is 12.8 Å². The van der Waals surface area contributed by atoms with E-state index in [2.05, 4.69) is 39.1 Å². The number of carbonyl (C=O) groups is 1. The number of carbonyl (C=O) groups excluding carboxylic acids is 1. The lowest BCUT2D eigenvalue weighted by Crippen LogP contribution is -2.12. The predicted octanol–water partition coefficient (Wildman–Crippen LogP) is 6.97. The fourth-order valence-electron chi connectivity index (χ4n) is 2.32. The zero-order chi connectivity index (χ0) is 21.5. The monoisotopic (exact) mass is 385 g/mol. The molecule has 0 fully saturated rings. The lowest BCUT2D eigenvalue weighted by molar-refractivity contribution is -0.118. The summed E-state index contributed by atoms with van der Waals surface area (Å²) in [6.45, 7) is 13.7. The van der Waals surface area contributed by atoms with Gasteiger partial charge in [-0.1, -0.05) is 91.7 Å². The molecule has 0 atom stereocenters. The second kappa shape index (κ2) is 24.7. The van der Waals surface area contributed by atoms with E-state index < -0.39 is 11.5 Å². The summed E-state index contributed by atoms with van der Waals surface area (Å²) in [5, 5.41) is 17.0. The Hall–Kier alpha value is -1.29. The fourth-order valence-corrected chi connectivity index (χ4v) is 2.32. The third-order valence-electron chi connectivity index (χ3n) is 3.92. The Labute approximate surface area is 169 Å². The summed E-state index contributed by atoms with van der Waals surface area (Å²) < 4.78 is 0. The maximum absolute atomic E-state index is 10.5. The minimum absolute atomic E-state index is 0.0602. The number of aliphatic hydroxyl groups excluding tert-OH is 2. The second-order valence-electron chi connectivity index (χ2n) is 6.92. The average molecular weight is 386 g/mol. The van der Waals surface area contributed by atoms with Gasteiger partial charge >= 0.3 is 0 Å². The van der Waals surface area contributed by atoms with Crippen molar-refractivity contribution in [2.24, 2.45) is 0 Å². The molecule has 0 bridgehead atoms. The Morgan fingerprint density at radius 3 is 1.52 bits per heavy atom. The summed E-state index contributed by atoms with van der Waals surface area (Å²) in [7, 11) is 4.32. The number of hydrogen-bond donors (Lipinski definition) is 2. The van der Waals surface area contributed by atoms with Crippen molar-refractivity contribution in [2.75, 3.05) is 20.6 Å². The Balaban J connectivity index is -0.000000417. The number of allylic oxidation sites excluding steroid dienone is 2. The zero-order valence-corrected chi connectivity index (χ0v) is 18.9. The van der Waals surface area contributed by atoms with E-state index in [4.69, 9.17) is 10.2 Å². The van der Waals surface area contributed by atoms with E-state index in [0.29, 0.717) is 0 Å². The van der Waals surface area contributed by atoms with E-state index in [0.717, 1.165) is 0 Å². The Morgan fingerprint density at radius 1 is 0.778 bits per heavy atom. The summed E-state index contributed by atoms with van der Waals surface area (Å²) in [5.74, 6) is -0.994. The highest BCUT2D eigenvalue weighted by atomic mass is 16.3. The van der Waals surface area contributed by atoms with Crippen LogP contribution in [0.2, 0.25) is 0 Å². The molecule has 0 aliphatic carbocycles. The van der Waals surface area contributed by atoms with E-state index in [1.54, 1.807) is 0 Å². The van der Waals surface area contributed by atoms with Gasteiger partial charge in [0.05, 0.1) is 5.76 Å². The molecule has 4 nitrogen and oxygen atoms in total. The molecule has 0 saturated heterocycles. The molecular weight excluding hydrogens is 338 g/mol. The molecule has 0 aromatic rings. The van der Waals surface area contributed by atoms with Crippen molar-refractivity contribution in [1.82, 2.24) is 4.90 Å². The van der Waals surface area contributed by atoms with Crippen LogP contribution in [0.3, 0.4) is 0 Å². The summed E-state index contributed by atoms with van der Waals surface area (Å²) in [6.07, 6.45) is 14.6. The average Bonchev–Trinajstić information content (AvgIpc) is 2.63. The molecule has 0 aliphatic rings. The Bertz CT molecular complexity index is 352. The summed E-state index contributed by atoms with van der Waals surface area (Å²) in [5.41, 5.74) is 0. The second-order valence-corrected chi connectivity index (χ2v) is 6.92. The largest absolute Gasteiger partial charge is 0.513 e. The number of unbranched alkanes of at least 4 members (excludes halogenated alkanes) is 9. The van der Waals surface area contributed by atoms with Gasteiger partial charge in [-0.25, -0.2) is 0 Å². The third-order valence-corrected chi connectivity index (χ3v) is 3.92. The van der Waals surface area contributed by atoms with Gasteiger partial charge in [0.2, 0.25) is 0 Å². The Kier molecular flexibility index (Phi) is 27.9. The first-order chi connectivity index (χ1) is 12.8. The van der Waals surface area contributed by atoms with Crippen LogP contribution >= 0.6 is 0 Å². The number of nitrogens with zero attached hydrogens (tertiary/aromatic N) is 1. The molecule has 4 heteroatoms. The van der Waals surface area contributed by atoms with E-state index in [1.807, 2.05) is 13.8 Å². The van der Waals surface area contributed by atoms with E-state index in [9.17, 15) is 4.79 Å². The zero-order valence-electron chi connectivity index (χ0n) is 18.9. The standard InChI is InChI=1S/C14H31N.C7H10O3.C2H6/c1-4-5-6-7-8-9-10-11-12-13-14-15(2)3;1-5(8)3-4-7(10)6(2)9;1-2/h4-14H2,1-3H3;8-9H,1-4H2;1-2H3. The minimum atomic E-state index is -0.471. The molecule has 0 amide bonds. The van der Waals surface area contributed by atoms with Gasteiger partial charge in [-0.15, -0.1) is 0 Å². The van der Waals surface area contributed by atoms with Crippen LogP contribution in [0.1, 0.15) is 97.8 Å². The fraction of sp³-hybridized carbons (Fsp3) is 0.783. The highest BCUT2D eigenvalue weighted by molar-refractivity contribution is 5.92. The molecule has 0 aromatic heterocycles. The van der Waals surface area contributed by atoms with Crippen LogP contribution in [0.25, 0.3) is 0 Å². The van der Waals surface area contributed by atoms with E-state index >= 15 is 0 Å². The van der Waals surface area contributed by atoms with Gasteiger partial charge in [0.1, 0.15) is 0 Å². The van der Waals surface area contributed by atoms with Crippen molar-refractivity contribution in [3.8, 4) is 0 Å². The highest BCUT2D eigenvalue weighted by Crippen LogP contribution is 2.10. The molecule has 0 radical (unpaired) electrons. The van der Waals surface area contributed by atoms with E-state index in [-0.39, 0.29) is 18.6 Å². The highest BCUT2D eigenvalue weighted by Gasteiger charge is 2.04. The first-order valence-electron chi connectivity index (χ1n) is 10.7. The number of ketones is 1. The van der Waals surface area contributed by atoms with Crippen LogP contribution in [-0.4, -0.2) is 41.5 Å².